The van der Waals surface area contributed by atoms with E-state index in [2.05, 4.69) is 16.4 Å². The fourth-order valence-electron chi connectivity index (χ4n) is 2.06. The summed E-state index contributed by atoms with van der Waals surface area (Å²) in [6.07, 6.45) is 3.56. The van der Waals surface area contributed by atoms with Crippen molar-refractivity contribution in [2.45, 2.75) is 6.54 Å². The number of nitrogens with zero attached hydrogens (tertiary/aromatic N) is 3. The largest absolute Gasteiger partial charge is 0.495 e. The van der Waals surface area contributed by atoms with Crippen molar-refractivity contribution in [1.82, 2.24) is 4.98 Å². The van der Waals surface area contributed by atoms with Gasteiger partial charge in [0.1, 0.15) is 11.8 Å². The molecular weight excluding hydrogens is 264 g/mol. The second kappa shape index (κ2) is 6.62. The average molecular weight is 282 g/mol. The molecule has 0 saturated heterocycles. The Balaban J connectivity index is 2.16. The van der Waals surface area contributed by atoms with Crippen LogP contribution in [0.15, 0.2) is 36.7 Å². The highest BCUT2D eigenvalue weighted by molar-refractivity contribution is 5.68. The molecule has 1 aromatic heterocycles. The lowest BCUT2D eigenvalue weighted by Gasteiger charge is -2.18. The Labute approximate surface area is 124 Å². The van der Waals surface area contributed by atoms with Crippen molar-refractivity contribution in [1.29, 1.82) is 5.26 Å². The molecule has 21 heavy (non-hydrogen) atoms. The van der Waals surface area contributed by atoms with E-state index in [9.17, 15) is 0 Å². The highest BCUT2D eigenvalue weighted by Gasteiger charge is 2.06. The topological polar surface area (TPSA) is 61.2 Å². The molecule has 0 fully saturated rings. The second-order valence-corrected chi connectivity index (χ2v) is 4.79. The van der Waals surface area contributed by atoms with Crippen molar-refractivity contribution in [3.63, 3.8) is 0 Å². The van der Waals surface area contributed by atoms with Gasteiger partial charge in [0.2, 0.25) is 0 Å². The van der Waals surface area contributed by atoms with E-state index in [1.54, 1.807) is 19.5 Å². The zero-order valence-electron chi connectivity index (χ0n) is 12.4. The van der Waals surface area contributed by atoms with Crippen LogP contribution in [-0.2, 0) is 6.54 Å². The summed E-state index contributed by atoms with van der Waals surface area (Å²) in [5, 5.41) is 12.5. The monoisotopic (exact) mass is 282 g/mol. The third-order valence-electron chi connectivity index (χ3n) is 3.15. The second-order valence-electron chi connectivity index (χ2n) is 4.79. The van der Waals surface area contributed by atoms with Gasteiger partial charge in [0, 0.05) is 26.8 Å². The number of benzene rings is 1. The van der Waals surface area contributed by atoms with E-state index in [0.29, 0.717) is 17.9 Å². The van der Waals surface area contributed by atoms with Crippen LogP contribution in [0.1, 0.15) is 11.1 Å². The summed E-state index contributed by atoms with van der Waals surface area (Å²) < 4.78 is 5.14. The first-order valence-corrected chi connectivity index (χ1v) is 6.58. The van der Waals surface area contributed by atoms with Crippen molar-refractivity contribution in [2.75, 3.05) is 31.4 Å². The fourth-order valence-corrected chi connectivity index (χ4v) is 2.06. The molecule has 0 aliphatic rings. The van der Waals surface area contributed by atoms with Crippen molar-refractivity contribution in [2.24, 2.45) is 0 Å². The van der Waals surface area contributed by atoms with Crippen molar-refractivity contribution in [3.8, 4) is 11.8 Å². The minimum atomic E-state index is 0.538. The van der Waals surface area contributed by atoms with Crippen LogP contribution >= 0.6 is 0 Å². The predicted octanol–water partition coefficient (Wildman–Crippen LogP) is 2.64. The number of methoxy groups -OCH3 is 1. The molecule has 1 aromatic carbocycles. The van der Waals surface area contributed by atoms with Crippen molar-refractivity contribution >= 4 is 11.4 Å². The van der Waals surface area contributed by atoms with Gasteiger partial charge in [-0.05, 0) is 23.8 Å². The lowest BCUT2D eigenvalue weighted by molar-refractivity contribution is 0.413. The number of pyridine rings is 1. The molecule has 0 radical (unpaired) electrons. The average Bonchev–Trinajstić information content (AvgIpc) is 2.52. The molecule has 1 N–H and O–H groups in total. The van der Waals surface area contributed by atoms with E-state index in [-0.39, 0.29) is 0 Å². The summed E-state index contributed by atoms with van der Waals surface area (Å²) in [6.45, 7) is 0.616. The predicted molar refractivity (Wildman–Crippen MR) is 83.6 cm³/mol. The first kappa shape index (κ1) is 14.7. The van der Waals surface area contributed by atoms with E-state index >= 15 is 0 Å². The van der Waals surface area contributed by atoms with Gasteiger partial charge in [0.05, 0.1) is 30.2 Å². The molecule has 0 spiro atoms. The van der Waals surface area contributed by atoms with Crippen LogP contribution < -0.4 is 15.0 Å². The maximum atomic E-state index is 9.11. The molecule has 0 amide bonds. The molecule has 2 rings (SSSR count). The van der Waals surface area contributed by atoms with Gasteiger partial charge in [-0.15, -0.1) is 0 Å². The van der Waals surface area contributed by atoms with E-state index in [4.69, 9.17) is 10.00 Å². The molecular formula is C16H18N4O. The molecule has 0 aliphatic heterocycles. The quantitative estimate of drug-likeness (QED) is 0.913. The SMILES string of the molecule is COc1ccc(CNc2cnccc2N(C)C)cc1C#N. The lowest BCUT2D eigenvalue weighted by Crippen LogP contribution is -2.12. The van der Waals surface area contributed by atoms with E-state index < -0.39 is 0 Å². The molecule has 0 aliphatic carbocycles. The molecule has 5 nitrogen and oxygen atoms in total. The molecule has 0 unspecified atom stereocenters. The third-order valence-corrected chi connectivity index (χ3v) is 3.15. The van der Waals surface area contributed by atoms with Gasteiger partial charge >= 0.3 is 0 Å². The van der Waals surface area contributed by atoms with Gasteiger partial charge in [-0.25, -0.2) is 0 Å². The Bertz CT molecular complexity index is 662. The van der Waals surface area contributed by atoms with E-state index in [1.807, 2.05) is 43.3 Å². The van der Waals surface area contributed by atoms with Gasteiger partial charge in [0.15, 0.2) is 0 Å². The van der Waals surface area contributed by atoms with Gasteiger partial charge in [0.25, 0.3) is 0 Å². The van der Waals surface area contributed by atoms with Crippen molar-refractivity contribution < 1.29 is 4.74 Å². The Morgan fingerprint density at radius 1 is 1.33 bits per heavy atom. The molecule has 108 valence electrons. The van der Waals surface area contributed by atoms with Crippen LogP contribution in [0.5, 0.6) is 5.75 Å². The van der Waals surface area contributed by atoms with Crippen LogP contribution in [0.2, 0.25) is 0 Å². The molecule has 0 saturated carbocycles. The smallest absolute Gasteiger partial charge is 0.136 e. The summed E-state index contributed by atoms with van der Waals surface area (Å²) >= 11 is 0. The lowest BCUT2D eigenvalue weighted by atomic mass is 10.1. The summed E-state index contributed by atoms with van der Waals surface area (Å²) in [7, 11) is 5.54. The zero-order valence-corrected chi connectivity index (χ0v) is 12.4. The third kappa shape index (κ3) is 3.42. The molecule has 0 atom stereocenters. The number of rotatable bonds is 5. The van der Waals surface area contributed by atoms with E-state index in [0.717, 1.165) is 16.9 Å². The summed E-state index contributed by atoms with van der Waals surface area (Å²) in [4.78, 5) is 6.17. The van der Waals surface area contributed by atoms with Crippen LogP contribution in [0.4, 0.5) is 11.4 Å². The number of ether oxygens (including phenoxy) is 1. The Kier molecular flexibility index (Phi) is 4.62. The number of nitriles is 1. The van der Waals surface area contributed by atoms with Crippen LogP contribution in [0.25, 0.3) is 0 Å². The number of hydrogen-bond acceptors (Lipinski definition) is 5. The van der Waals surface area contributed by atoms with Gasteiger partial charge < -0.3 is 15.0 Å². The Morgan fingerprint density at radius 2 is 2.14 bits per heavy atom. The highest BCUT2D eigenvalue weighted by atomic mass is 16.5. The molecule has 0 bridgehead atoms. The Hall–Kier alpha value is -2.74. The number of aromatic nitrogens is 1. The van der Waals surface area contributed by atoms with Crippen LogP contribution in [0, 0.1) is 11.3 Å². The van der Waals surface area contributed by atoms with E-state index in [1.165, 1.54) is 0 Å². The first-order chi connectivity index (χ1) is 10.2. The number of nitrogens with one attached hydrogen (secondary N) is 1. The molecule has 2 aromatic rings. The maximum absolute atomic E-state index is 9.11. The number of hydrogen-bond donors (Lipinski definition) is 1. The van der Waals surface area contributed by atoms with Gasteiger partial charge in [-0.1, -0.05) is 6.07 Å². The first-order valence-electron chi connectivity index (χ1n) is 6.58. The molecule has 1 heterocycles. The summed E-state index contributed by atoms with van der Waals surface area (Å²) in [5.74, 6) is 0.594. The summed E-state index contributed by atoms with van der Waals surface area (Å²) in [5.41, 5.74) is 3.58. The Morgan fingerprint density at radius 3 is 2.81 bits per heavy atom. The zero-order chi connectivity index (χ0) is 15.2. The maximum Gasteiger partial charge on any atom is 0.136 e. The highest BCUT2D eigenvalue weighted by Crippen LogP contribution is 2.24. The minimum Gasteiger partial charge on any atom is -0.495 e. The van der Waals surface area contributed by atoms with Crippen molar-refractivity contribution in [3.05, 3.63) is 47.8 Å². The fraction of sp³-hybridized carbons (Fsp3) is 0.250. The standard InChI is InChI=1S/C16H18N4O/c1-20(2)15-6-7-18-11-14(15)19-10-12-4-5-16(21-3)13(8-12)9-17/h4-8,11,19H,10H2,1-3H3. The molecule has 5 heteroatoms. The van der Waals surface area contributed by atoms with Crippen LogP contribution in [-0.4, -0.2) is 26.2 Å². The minimum absolute atomic E-state index is 0.538. The van der Waals surface area contributed by atoms with Crippen LogP contribution in [0.3, 0.4) is 0 Å². The van der Waals surface area contributed by atoms with Gasteiger partial charge in [-0.3, -0.25) is 4.98 Å². The summed E-state index contributed by atoms with van der Waals surface area (Å²) in [6, 6.07) is 9.68. The van der Waals surface area contributed by atoms with Gasteiger partial charge in [-0.2, -0.15) is 5.26 Å². The number of anilines is 2. The normalized spacial score (nSPS) is 9.81.